The smallest absolute Gasteiger partial charge is 0.326 e. The average Bonchev–Trinajstić information content (AvgIpc) is 2.46. The van der Waals surface area contributed by atoms with Crippen LogP contribution in [0.1, 0.15) is 12.5 Å². The summed E-state index contributed by atoms with van der Waals surface area (Å²) in [4.78, 5) is 22.9. The zero-order valence-electron chi connectivity index (χ0n) is 12.3. The zero-order chi connectivity index (χ0) is 15.7. The molecule has 2 atom stereocenters. The molecule has 1 aromatic rings. The van der Waals surface area contributed by atoms with Gasteiger partial charge in [0.25, 0.3) is 0 Å². The van der Waals surface area contributed by atoms with Crippen LogP contribution in [-0.2, 0) is 16.0 Å². The molecule has 0 radical (unpaired) electrons. The third-order valence-corrected chi connectivity index (χ3v) is 2.95. The van der Waals surface area contributed by atoms with E-state index in [0.29, 0.717) is 13.2 Å². The molecule has 3 N–H and O–H groups in total. The zero-order valence-corrected chi connectivity index (χ0v) is 12.3. The van der Waals surface area contributed by atoms with E-state index in [0.717, 1.165) is 5.56 Å². The summed E-state index contributed by atoms with van der Waals surface area (Å²) in [5.41, 5.74) is 0.859. The molecule has 0 saturated heterocycles. The molecule has 116 valence electrons. The maximum absolute atomic E-state index is 11.7. The number of benzene rings is 1. The topological polar surface area (TPSA) is 87.7 Å². The maximum atomic E-state index is 11.7. The van der Waals surface area contributed by atoms with Crippen molar-refractivity contribution < 1.29 is 19.4 Å². The number of aliphatic carboxylic acids is 1. The summed E-state index contributed by atoms with van der Waals surface area (Å²) in [6, 6.07) is 7.75. The fourth-order valence-electron chi connectivity index (χ4n) is 1.87. The first-order valence-corrected chi connectivity index (χ1v) is 6.83. The van der Waals surface area contributed by atoms with Crippen LogP contribution in [-0.4, -0.2) is 43.4 Å². The maximum Gasteiger partial charge on any atom is 0.326 e. The number of carbonyl (C=O) groups is 2. The molecule has 0 saturated carbocycles. The fraction of sp³-hybridized carbons (Fsp3) is 0.467. The lowest BCUT2D eigenvalue weighted by molar-refractivity contribution is -0.139. The summed E-state index contributed by atoms with van der Waals surface area (Å²) in [6.45, 7) is 2.90. The van der Waals surface area contributed by atoms with Gasteiger partial charge in [0, 0.05) is 20.1 Å². The number of rotatable bonds is 8. The fourth-order valence-corrected chi connectivity index (χ4v) is 1.87. The minimum absolute atomic E-state index is 0.165. The van der Waals surface area contributed by atoms with E-state index in [1.165, 1.54) is 0 Å². The Hall–Kier alpha value is -2.08. The second-order valence-corrected chi connectivity index (χ2v) is 5.00. The number of carboxylic acid groups (broad SMARTS) is 1. The van der Waals surface area contributed by atoms with Crippen molar-refractivity contribution in [2.75, 3.05) is 20.3 Å². The lowest BCUT2D eigenvalue weighted by atomic mass is 10.1. The summed E-state index contributed by atoms with van der Waals surface area (Å²) in [5, 5.41) is 14.3. The Labute approximate surface area is 124 Å². The van der Waals surface area contributed by atoms with E-state index in [9.17, 15) is 14.7 Å². The molecule has 6 nitrogen and oxygen atoms in total. The highest BCUT2D eigenvalue weighted by Crippen LogP contribution is 2.03. The quantitative estimate of drug-likeness (QED) is 0.673. The van der Waals surface area contributed by atoms with Crippen LogP contribution < -0.4 is 10.6 Å². The van der Waals surface area contributed by atoms with Crippen molar-refractivity contribution in [1.29, 1.82) is 0 Å². The molecular weight excluding hydrogens is 272 g/mol. The number of carboxylic acids is 1. The number of methoxy groups -OCH3 is 1. The molecule has 0 spiro atoms. The van der Waals surface area contributed by atoms with Crippen molar-refractivity contribution in [3.05, 3.63) is 35.9 Å². The largest absolute Gasteiger partial charge is 0.480 e. The Morgan fingerprint density at radius 3 is 2.52 bits per heavy atom. The highest BCUT2D eigenvalue weighted by atomic mass is 16.5. The van der Waals surface area contributed by atoms with Crippen LogP contribution in [0.15, 0.2) is 30.3 Å². The van der Waals surface area contributed by atoms with E-state index in [1.807, 2.05) is 37.3 Å². The summed E-state index contributed by atoms with van der Waals surface area (Å²) in [7, 11) is 1.59. The number of carbonyl (C=O) groups excluding carboxylic acids is 1. The van der Waals surface area contributed by atoms with Gasteiger partial charge in [0.2, 0.25) is 0 Å². The standard InChI is InChI=1S/C15H22N2O4/c1-11(10-21-2)9-16-15(20)17-13(14(18)19)8-12-6-4-3-5-7-12/h3-7,11,13H,8-10H2,1-2H3,(H,18,19)(H2,16,17,20). The lowest BCUT2D eigenvalue weighted by Crippen LogP contribution is -2.48. The summed E-state index contributed by atoms with van der Waals surface area (Å²) in [6.07, 6.45) is 0.247. The molecule has 0 fully saturated rings. The van der Waals surface area contributed by atoms with Crippen molar-refractivity contribution in [2.24, 2.45) is 5.92 Å². The van der Waals surface area contributed by atoms with Gasteiger partial charge in [0.05, 0.1) is 6.61 Å². The highest BCUT2D eigenvalue weighted by molar-refractivity contribution is 5.82. The van der Waals surface area contributed by atoms with Gasteiger partial charge in [-0.05, 0) is 11.5 Å². The first kappa shape index (κ1) is 17.0. The van der Waals surface area contributed by atoms with Gasteiger partial charge in [0.15, 0.2) is 0 Å². The third-order valence-electron chi connectivity index (χ3n) is 2.95. The van der Waals surface area contributed by atoms with Gasteiger partial charge in [0.1, 0.15) is 6.04 Å². The van der Waals surface area contributed by atoms with Crippen molar-refractivity contribution in [3.63, 3.8) is 0 Å². The molecule has 1 rings (SSSR count). The molecule has 0 aliphatic heterocycles. The van der Waals surface area contributed by atoms with Gasteiger partial charge < -0.3 is 20.5 Å². The predicted octanol–water partition coefficient (Wildman–Crippen LogP) is 1.26. The summed E-state index contributed by atoms with van der Waals surface area (Å²) < 4.78 is 4.97. The number of urea groups is 1. The van der Waals surface area contributed by atoms with Gasteiger partial charge in [-0.25, -0.2) is 9.59 Å². The summed E-state index contributed by atoms with van der Waals surface area (Å²) >= 11 is 0. The van der Waals surface area contributed by atoms with Gasteiger partial charge in [-0.3, -0.25) is 0 Å². The first-order chi connectivity index (χ1) is 10.0. The molecule has 0 aliphatic rings. The SMILES string of the molecule is COCC(C)CNC(=O)NC(Cc1ccccc1)C(=O)O. The van der Waals surface area contributed by atoms with Crippen molar-refractivity contribution >= 4 is 12.0 Å². The normalized spacial score (nSPS) is 13.2. The predicted molar refractivity (Wildman–Crippen MR) is 79.1 cm³/mol. The average molecular weight is 294 g/mol. The number of ether oxygens (including phenoxy) is 1. The Bertz CT molecular complexity index is 450. The highest BCUT2D eigenvalue weighted by Gasteiger charge is 2.20. The van der Waals surface area contributed by atoms with E-state index in [2.05, 4.69) is 10.6 Å². The minimum atomic E-state index is -1.06. The second kappa shape index (κ2) is 8.97. The van der Waals surface area contributed by atoms with Crippen LogP contribution in [0.25, 0.3) is 0 Å². The van der Waals surface area contributed by atoms with Gasteiger partial charge in [-0.1, -0.05) is 37.3 Å². The first-order valence-electron chi connectivity index (χ1n) is 6.83. The Balaban J connectivity index is 2.47. The van der Waals surface area contributed by atoms with Gasteiger partial charge in [-0.2, -0.15) is 0 Å². The van der Waals surface area contributed by atoms with Gasteiger partial charge >= 0.3 is 12.0 Å². The molecule has 0 aliphatic carbocycles. The van der Waals surface area contributed by atoms with Crippen molar-refractivity contribution in [1.82, 2.24) is 10.6 Å². The number of nitrogens with one attached hydrogen (secondary N) is 2. The van der Waals surface area contributed by atoms with E-state index in [-0.39, 0.29) is 12.3 Å². The number of amides is 2. The van der Waals surface area contributed by atoms with E-state index in [1.54, 1.807) is 7.11 Å². The number of hydrogen-bond donors (Lipinski definition) is 3. The lowest BCUT2D eigenvalue weighted by Gasteiger charge is -2.17. The molecule has 6 heteroatoms. The third kappa shape index (κ3) is 6.76. The molecule has 0 bridgehead atoms. The van der Waals surface area contributed by atoms with Crippen LogP contribution in [0.5, 0.6) is 0 Å². The van der Waals surface area contributed by atoms with Crippen LogP contribution in [0.3, 0.4) is 0 Å². The Morgan fingerprint density at radius 1 is 1.29 bits per heavy atom. The molecule has 21 heavy (non-hydrogen) atoms. The summed E-state index contributed by atoms with van der Waals surface area (Å²) in [5.74, 6) is -0.892. The Morgan fingerprint density at radius 2 is 1.95 bits per heavy atom. The van der Waals surface area contributed by atoms with Gasteiger partial charge in [-0.15, -0.1) is 0 Å². The van der Waals surface area contributed by atoms with Crippen molar-refractivity contribution in [3.8, 4) is 0 Å². The van der Waals surface area contributed by atoms with Crippen LogP contribution in [0.4, 0.5) is 4.79 Å². The molecular formula is C15H22N2O4. The molecule has 1 aromatic carbocycles. The Kier molecular flexibility index (Phi) is 7.25. The van der Waals surface area contributed by atoms with Crippen molar-refractivity contribution in [2.45, 2.75) is 19.4 Å². The van der Waals surface area contributed by atoms with E-state index >= 15 is 0 Å². The molecule has 0 heterocycles. The van der Waals surface area contributed by atoms with Crippen LogP contribution >= 0.6 is 0 Å². The second-order valence-electron chi connectivity index (χ2n) is 5.00. The minimum Gasteiger partial charge on any atom is -0.480 e. The van der Waals surface area contributed by atoms with E-state index in [4.69, 9.17) is 4.74 Å². The molecule has 0 aromatic heterocycles. The van der Waals surface area contributed by atoms with Crippen LogP contribution in [0.2, 0.25) is 0 Å². The van der Waals surface area contributed by atoms with E-state index < -0.39 is 18.0 Å². The number of hydrogen-bond acceptors (Lipinski definition) is 3. The molecule has 2 unspecified atom stereocenters. The van der Waals surface area contributed by atoms with Crippen LogP contribution in [0, 0.1) is 5.92 Å². The molecule has 2 amide bonds. The monoisotopic (exact) mass is 294 g/mol.